The third-order valence-electron chi connectivity index (χ3n) is 9.58. The number of hydrogen-bond acceptors (Lipinski definition) is 5. The lowest BCUT2D eigenvalue weighted by atomic mass is 10.1. The fourth-order valence-electron chi connectivity index (χ4n) is 7.26. The normalized spacial score (nSPS) is 13.0. The molecule has 0 saturated carbocycles. The van der Waals surface area contributed by atoms with Gasteiger partial charge >= 0.3 is 0 Å². The maximum absolute atomic E-state index is 8.92. The lowest BCUT2D eigenvalue weighted by molar-refractivity contribution is 0.666. The number of fused-ring (bicyclic) bond motifs is 9. The van der Waals surface area contributed by atoms with Crippen LogP contribution in [0.15, 0.2) is 166 Å². The molecule has 11 rings (SSSR count). The number of benzene rings is 7. The van der Waals surface area contributed by atoms with Gasteiger partial charge in [-0.05, 0) is 42.4 Å². The van der Waals surface area contributed by atoms with Crippen LogP contribution in [-0.2, 0) is 0 Å². The molecule has 0 unspecified atom stereocenters. The molecule has 6 heteroatoms. The molecule has 0 amide bonds. The molecule has 0 bridgehead atoms. The topological polar surface area (TPSA) is 69.9 Å². The van der Waals surface area contributed by atoms with E-state index in [0.717, 1.165) is 43.8 Å². The van der Waals surface area contributed by atoms with Crippen LogP contribution in [0.1, 0.15) is 5.48 Å². The summed E-state index contributed by atoms with van der Waals surface area (Å²) in [6.45, 7) is 0. The Kier molecular flexibility index (Phi) is 5.08. The summed E-state index contributed by atoms with van der Waals surface area (Å²) in [5.74, 6) is 1.48. The van der Waals surface area contributed by atoms with Crippen LogP contribution in [0.3, 0.4) is 0 Å². The average molecular weight is 659 g/mol. The second-order valence-corrected chi connectivity index (χ2v) is 12.5. The van der Waals surface area contributed by atoms with Crippen LogP contribution in [0, 0.1) is 0 Å². The van der Waals surface area contributed by atoms with Gasteiger partial charge in [-0.15, -0.1) is 0 Å². The Balaban J connectivity index is 1.13. The molecule has 0 spiro atoms. The molecule has 51 heavy (non-hydrogen) atoms. The summed E-state index contributed by atoms with van der Waals surface area (Å²) in [4.78, 5) is 15.0. The molecular weight excluding hydrogens is 629 g/mol. The number of furan rings is 2. The summed E-state index contributed by atoms with van der Waals surface area (Å²) in [6, 6.07) is 42.6. The molecule has 6 nitrogen and oxygen atoms in total. The molecule has 7 aromatic carbocycles. The summed E-state index contributed by atoms with van der Waals surface area (Å²) < 4.78 is 49.5. The van der Waals surface area contributed by atoms with Crippen LogP contribution in [0.2, 0.25) is 0 Å². The fraction of sp³-hybridized carbons (Fsp3) is 0. The number of para-hydroxylation sites is 5. The van der Waals surface area contributed by atoms with Gasteiger partial charge in [0.1, 0.15) is 16.7 Å². The molecule has 0 atom stereocenters. The van der Waals surface area contributed by atoms with Crippen molar-refractivity contribution in [1.29, 1.82) is 0 Å². The quantitative estimate of drug-likeness (QED) is 0.188. The second-order valence-electron chi connectivity index (χ2n) is 12.5. The van der Waals surface area contributed by atoms with Gasteiger partial charge in [0.15, 0.2) is 23.1 Å². The van der Waals surface area contributed by atoms with Gasteiger partial charge < -0.3 is 13.4 Å². The lowest BCUT2D eigenvalue weighted by Gasteiger charge is -2.08. The first-order valence-electron chi connectivity index (χ1n) is 18.6. The van der Waals surface area contributed by atoms with Gasteiger partial charge in [-0.2, -0.15) is 0 Å². The van der Waals surface area contributed by atoms with Crippen LogP contribution < -0.4 is 0 Å². The van der Waals surface area contributed by atoms with Crippen LogP contribution in [0.25, 0.3) is 106 Å². The molecule has 4 heterocycles. The Morgan fingerprint density at radius 3 is 1.88 bits per heavy atom. The Morgan fingerprint density at radius 2 is 1.08 bits per heavy atom. The molecule has 0 aliphatic rings. The Bertz CT molecular complexity index is 3320. The van der Waals surface area contributed by atoms with E-state index in [4.69, 9.17) is 29.3 Å². The van der Waals surface area contributed by atoms with Crippen molar-refractivity contribution in [3.63, 3.8) is 0 Å². The van der Waals surface area contributed by atoms with Gasteiger partial charge in [-0.25, -0.2) is 15.0 Å². The van der Waals surface area contributed by atoms with Gasteiger partial charge in [0.25, 0.3) is 0 Å². The van der Waals surface area contributed by atoms with Crippen molar-refractivity contribution in [2.75, 3.05) is 0 Å². The highest BCUT2D eigenvalue weighted by atomic mass is 16.3. The van der Waals surface area contributed by atoms with E-state index in [0.29, 0.717) is 61.7 Å². The average Bonchev–Trinajstić information content (AvgIpc) is 3.88. The second kappa shape index (κ2) is 10.7. The van der Waals surface area contributed by atoms with Crippen molar-refractivity contribution >= 4 is 65.7 Å². The molecule has 11 aromatic rings. The fourth-order valence-corrected chi connectivity index (χ4v) is 7.26. The van der Waals surface area contributed by atoms with E-state index in [1.165, 1.54) is 12.1 Å². The molecular formula is C45H26N4O2. The third-order valence-corrected chi connectivity index (χ3v) is 9.58. The summed E-state index contributed by atoms with van der Waals surface area (Å²) >= 11 is 0. The Morgan fingerprint density at radius 1 is 0.451 bits per heavy atom. The van der Waals surface area contributed by atoms with E-state index in [1.807, 2.05) is 114 Å². The molecule has 0 fully saturated rings. The molecule has 0 radical (unpaired) electrons. The van der Waals surface area contributed by atoms with Crippen LogP contribution in [0.4, 0.5) is 0 Å². The maximum Gasteiger partial charge on any atom is 0.167 e. The number of aromatic nitrogens is 4. The van der Waals surface area contributed by atoms with Crippen LogP contribution >= 0.6 is 0 Å². The zero-order chi connectivity index (χ0) is 36.9. The zero-order valence-corrected chi connectivity index (χ0v) is 26.8. The minimum absolute atomic E-state index is 0.151. The van der Waals surface area contributed by atoms with Crippen molar-refractivity contribution in [1.82, 2.24) is 19.5 Å². The van der Waals surface area contributed by atoms with Gasteiger partial charge in [0, 0.05) is 43.4 Å². The highest BCUT2D eigenvalue weighted by Crippen LogP contribution is 2.40. The minimum Gasteiger partial charge on any atom is -0.455 e. The number of hydrogen-bond donors (Lipinski definition) is 0. The minimum atomic E-state index is 0.151. The highest BCUT2D eigenvalue weighted by molar-refractivity contribution is 6.13. The van der Waals surface area contributed by atoms with Crippen LogP contribution in [0.5, 0.6) is 0 Å². The monoisotopic (exact) mass is 658 g/mol. The van der Waals surface area contributed by atoms with E-state index in [-0.39, 0.29) is 24.2 Å². The number of rotatable bonds is 4. The smallest absolute Gasteiger partial charge is 0.167 e. The summed E-state index contributed by atoms with van der Waals surface area (Å²) in [5.41, 5.74) is 6.77. The predicted molar refractivity (Wildman–Crippen MR) is 205 cm³/mol. The van der Waals surface area contributed by atoms with Gasteiger partial charge in [-0.3, -0.25) is 0 Å². The van der Waals surface area contributed by atoms with Gasteiger partial charge in [-0.1, -0.05) is 115 Å². The van der Waals surface area contributed by atoms with Crippen molar-refractivity contribution in [3.05, 3.63) is 158 Å². The van der Waals surface area contributed by atoms with E-state index in [9.17, 15) is 0 Å². The van der Waals surface area contributed by atoms with E-state index in [2.05, 4.69) is 0 Å². The largest absolute Gasteiger partial charge is 0.455 e. The van der Waals surface area contributed by atoms with Crippen LogP contribution in [-0.4, -0.2) is 19.5 Å². The highest BCUT2D eigenvalue weighted by Gasteiger charge is 2.20. The zero-order valence-electron chi connectivity index (χ0n) is 30.8. The molecule has 0 aliphatic carbocycles. The standard InChI is InChI=1S/C45H26N4O2/c1-2-12-27(13-3-1)43-46-44(48-45(47-43)35-19-10-17-33-31-16-6-9-23-39(31)50-41(33)35)28-24-25-32-34-18-11-22-38(42(34)51-40(32)26-28)49-36-20-7-4-14-29(36)30-15-5-8-21-37(30)49/h1-26H/i4D,5D,20D,21D. The molecule has 0 aliphatic heterocycles. The van der Waals surface area contributed by atoms with Gasteiger partial charge in [0.05, 0.1) is 27.8 Å². The molecule has 0 saturated heterocycles. The number of nitrogens with zero attached hydrogens (tertiary/aromatic N) is 4. The van der Waals surface area contributed by atoms with E-state index in [1.54, 1.807) is 12.1 Å². The maximum atomic E-state index is 8.92. The summed E-state index contributed by atoms with van der Waals surface area (Å²) in [7, 11) is 0. The first-order valence-corrected chi connectivity index (χ1v) is 16.6. The summed E-state index contributed by atoms with van der Waals surface area (Å²) in [6.07, 6.45) is 0. The Labute approximate surface area is 296 Å². The molecule has 4 aromatic heterocycles. The van der Waals surface area contributed by atoms with Crippen molar-refractivity contribution in [2.24, 2.45) is 0 Å². The van der Waals surface area contributed by atoms with E-state index < -0.39 is 0 Å². The first-order chi connectivity index (χ1) is 26.9. The third kappa shape index (κ3) is 4.20. The SMILES string of the molecule is [2H]c1cc([2H])c2c(c1)c1cc([2H])cc([2H])c1n2-c1cccc2c1oc1cc(-c3nc(-c4ccccc4)nc(-c4cccc5c4oc4ccccc45)n3)ccc12. The predicted octanol–water partition coefficient (Wildman–Crippen LogP) is 11.8. The molecule has 238 valence electrons. The van der Waals surface area contributed by atoms with Gasteiger partial charge in [0.2, 0.25) is 0 Å². The van der Waals surface area contributed by atoms with E-state index >= 15 is 0 Å². The van der Waals surface area contributed by atoms with Crippen molar-refractivity contribution < 1.29 is 14.3 Å². The lowest BCUT2D eigenvalue weighted by Crippen LogP contribution is -2.00. The van der Waals surface area contributed by atoms with Crippen molar-refractivity contribution in [3.8, 4) is 39.9 Å². The summed E-state index contributed by atoms with van der Waals surface area (Å²) in [5, 5.41) is 5.03. The van der Waals surface area contributed by atoms with Crippen molar-refractivity contribution in [2.45, 2.75) is 0 Å². The molecule has 0 N–H and O–H groups in total. The first kappa shape index (κ1) is 24.1. The Hall–Kier alpha value is -7.05.